The van der Waals surface area contributed by atoms with Gasteiger partial charge < -0.3 is 20.3 Å². The average molecular weight is 491 g/mol. The van der Waals surface area contributed by atoms with E-state index in [9.17, 15) is 13.2 Å². The predicted octanol–water partition coefficient (Wildman–Crippen LogP) is 2.28. The summed E-state index contributed by atoms with van der Waals surface area (Å²) in [7, 11) is 2.11. The Balaban J connectivity index is 1.63. The summed E-state index contributed by atoms with van der Waals surface area (Å²) in [6.07, 6.45) is -3.52. The lowest BCUT2D eigenvalue weighted by Crippen LogP contribution is -2.43. The normalized spacial score (nSPS) is 18.5. The third kappa shape index (κ3) is 4.78. The molecule has 9 nitrogen and oxygen atoms in total. The van der Waals surface area contributed by atoms with E-state index in [0.29, 0.717) is 32.1 Å². The number of anilines is 2. The number of halogens is 3. The first kappa shape index (κ1) is 23.8. The van der Waals surface area contributed by atoms with Gasteiger partial charge in [0.25, 0.3) is 0 Å². The summed E-state index contributed by atoms with van der Waals surface area (Å²) in [5, 5.41) is 4.57. The number of piperazine rings is 1. The van der Waals surface area contributed by atoms with Crippen LogP contribution in [0.5, 0.6) is 0 Å². The largest absolute Gasteiger partial charge is 0.417 e. The van der Waals surface area contributed by atoms with Crippen molar-refractivity contribution in [2.24, 2.45) is 0 Å². The molecule has 0 radical (unpaired) electrons. The van der Waals surface area contributed by atoms with Gasteiger partial charge >= 0.3 is 6.18 Å². The molecule has 2 N–H and O–H groups in total. The van der Waals surface area contributed by atoms with Gasteiger partial charge in [-0.05, 0) is 31.7 Å². The zero-order valence-corrected chi connectivity index (χ0v) is 19.8. The minimum Gasteiger partial charge on any atom is -0.384 e. The first-order chi connectivity index (χ1) is 16.7. The molecular formula is C23H29F3N8O. The fourth-order valence-corrected chi connectivity index (χ4v) is 4.62. The number of pyridine rings is 1. The van der Waals surface area contributed by atoms with Gasteiger partial charge in [-0.15, -0.1) is 5.10 Å². The van der Waals surface area contributed by atoms with Gasteiger partial charge in [0.2, 0.25) is 0 Å². The average Bonchev–Trinajstić information content (AvgIpc) is 3.15. The van der Waals surface area contributed by atoms with Gasteiger partial charge in [-0.3, -0.25) is 4.90 Å². The van der Waals surface area contributed by atoms with Crippen LogP contribution in [0.4, 0.5) is 24.8 Å². The van der Waals surface area contributed by atoms with Crippen LogP contribution < -0.4 is 10.6 Å². The van der Waals surface area contributed by atoms with Crippen molar-refractivity contribution < 1.29 is 17.9 Å². The van der Waals surface area contributed by atoms with Crippen molar-refractivity contribution in [1.29, 1.82) is 0 Å². The smallest absolute Gasteiger partial charge is 0.384 e. The number of nitrogens with two attached hydrogens (primary N) is 1. The summed E-state index contributed by atoms with van der Waals surface area (Å²) >= 11 is 0. The van der Waals surface area contributed by atoms with Gasteiger partial charge in [-0.25, -0.2) is 14.5 Å². The molecule has 2 aliphatic heterocycles. The third-order valence-electron chi connectivity index (χ3n) is 6.73. The fraction of sp³-hybridized carbons (Fsp3) is 0.522. The van der Waals surface area contributed by atoms with E-state index in [1.54, 1.807) is 4.52 Å². The number of nitrogens with zero attached hydrogens (tertiary/aromatic N) is 7. The Kier molecular flexibility index (Phi) is 6.28. The minimum absolute atomic E-state index is 0.0383. The Bertz CT molecular complexity index is 1210. The minimum atomic E-state index is -4.62. The molecule has 0 bridgehead atoms. The highest BCUT2D eigenvalue weighted by molar-refractivity contribution is 5.74. The molecule has 5 rings (SSSR count). The number of nitrogen functional groups attached to an aromatic ring is 1. The molecule has 0 aromatic carbocycles. The molecule has 3 aromatic heterocycles. The fourth-order valence-electron chi connectivity index (χ4n) is 4.62. The number of hydrogen-bond acceptors (Lipinski definition) is 8. The number of likely N-dealkylation sites (N-methyl/N-ethyl adjacent to an activating group) is 1. The topological polar surface area (TPSA) is 88.0 Å². The molecule has 0 amide bonds. The summed E-state index contributed by atoms with van der Waals surface area (Å²) in [5.74, 6) is 0.349. The van der Waals surface area contributed by atoms with Crippen LogP contribution in [-0.2, 0) is 17.5 Å². The molecule has 35 heavy (non-hydrogen) atoms. The van der Waals surface area contributed by atoms with Crippen LogP contribution in [-0.4, -0.2) is 88.9 Å². The van der Waals surface area contributed by atoms with Crippen molar-refractivity contribution in [2.45, 2.75) is 19.6 Å². The maximum atomic E-state index is 13.9. The van der Waals surface area contributed by atoms with Crippen LogP contribution >= 0.6 is 0 Å². The maximum absolute atomic E-state index is 13.9. The molecule has 0 aliphatic carbocycles. The number of alkyl halides is 3. The number of hydrogen-bond donors (Lipinski definition) is 1. The van der Waals surface area contributed by atoms with Gasteiger partial charge in [-0.2, -0.15) is 13.2 Å². The predicted molar refractivity (Wildman–Crippen MR) is 126 cm³/mol. The van der Waals surface area contributed by atoms with Crippen LogP contribution in [0.2, 0.25) is 0 Å². The van der Waals surface area contributed by atoms with Gasteiger partial charge in [0.1, 0.15) is 11.3 Å². The molecule has 188 valence electrons. The summed E-state index contributed by atoms with van der Waals surface area (Å²) in [4.78, 5) is 15.3. The summed E-state index contributed by atoms with van der Waals surface area (Å²) < 4.78 is 48.8. The van der Waals surface area contributed by atoms with E-state index < -0.39 is 11.7 Å². The quantitative estimate of drug-likeness (QED) is 0.596. The van der Waals surface area contributed by atoms with E-state index in [2.05, 4.69) is 38.0 Å². The first-order valence-corrected chi connectivity index (χ1v) is 11.7. The lowest BCUT2D eigenvalue weighted by atomic mass is 10.1. The molecule has 2 fully saturated rings. The van der Waals surface area contributed by atoms with Gasteiger partial charge in [0, 0.05) is 57.7 Å². The number of aryl methyl sites for hydroxylation is 1. The summed E-state index contributed by atoms with van der Waals surface area (Å²) in [6, 6.07) is 2.90. The second-order valence-corrected chi connectivity index (χ2v) is 9.14. The van der Waals surface area contributed by atoms with Crippen LogP contribution in [0, 0.1) is 6.92 Å². The zero-order valence-electron chi connectivity index (χ0n) is 19.8. The molecule has 12 heteroatoms. The van der Waals surface area contributed by atoms with E-state index in [0.717, 1.165) is 61.8 Å². The van der Waals surface area contributed by atoms with E-state index in [4.69, 9.17) is 10.5 Å². The molecular weight excluding hydrogens is 461 g/mol. The third-order valence-corrected chi connectivity index (χ3v) is 6.73. The lowest BCUT2D eigenvalue weighted by molar-refractivity contribution is -0.137. The number of aromatic nitrogens is 4. The van der Waals surface area contributed by atoms with E-state index in [1.807, 2.05) is 11.8 Å². The van der Waals surface area contributed by atoms with Crippen LogP contribution in [0.15, 0.2) is 18.3 Å². The first-order valence-electron chi connectivity index (χ1n) is 11.7. The Morgan fingerprint density at radius 1 is 1.06 bits per heavy atom. The lowest BCUT2D eigenvalue weighted by Gasteiger charge is -2.32. The number of morpholine rings is 1. The van der Waals surface area contributed by atoms with Gasteiger partial charge in [-0.1, -0.05) is 0 Å². The van der Waals surface area contributed by atoms with E-state index >= 15 is 0 Å². The standard InChI is InChI=1S/C23H29F3N8O/c1-15-16(14-32-5-3-31(2)4-6-32)11-19-22(33-7-9-35-10-8-33)29-21(30-34(15)19)17-13-28-20(27)12-18(17)23(24,25)26/h11-13H,3-10,14H2,1-2H3,(H2,27,28). The molecule has 0 saturated carbocycles. The Morgan fingerprint density at radius 2 is 1.77 bits per heavy atom. The highest BCUT2D eigenvalue weighted by atomic mass is 19.4. The molecule has 0 spiro atoms. The van der Waals surface area contributed by atoms with Crippen molar-refractivity contribution in [1.82, 2.24) is 29.4 Å². The highest BCUT2D eigenvalue weighted by Crippen LogP contribution is 2.37. The van der Waals surface area contributed by atoms with Crippen molar-refractivity contribution in [3.63, 3.8) is 0 Å². The number of rotatable bonds is 4. The van der Waals surface area contributed by atoms with Gasteiger partial charge in [0.05, 0.1) is 24.3 Å². The molecule has 2 aliphatic rings. The molecule has 0 atom stereocenters. The van der Waals surface area contributed by atoms with Gasteiger partial charge in [0.15, 0.2) is 11.6 Å². The Labute approximate surface area is 201 Å². The number of ether oxygens (including phenoxy) is 1. The summed E-state index contributed by atoms with van der Waals surface area (Å²) in [6.45, 7) is 8.85. The van der Waals surface area contributed by atoms with E-state index in [1.165, 1.54) is 0 Å². The van der Waals surface area contributed by atoms with Crippen molar-refractivity contribution >= 4 is 17.2 Å². The summed E-state index contributed by atoms with van der Waals surface area (Å²) in [5.41, 5.74) is 7.22. The van der Waals surface area contributed by atoms with E-state index in [-0.39, 0.29) is 17.2 Å². The van der Waals surface area contributed by atoms with Crippen molar-refractivity contribution in [3.8, 4) is 11.4 Å². The highest BCUT2D eigenvalue weighted by Gasteiger charge is 2.36. The molecule has 2 saturated heterocycles. The second kappa shape index (κ2) is 9.25. The maximum Gasteiger partial charge on any atom is 0.417 e. The molecule has 5 heterocycles. The molecule has 0 unspecified atom stereocenters. The molecule has 3 aromatic rings. The van der Waals surface area contributed by atoms with Crippen molar-refractivity contribution in [2.75, 3.05) is 70.2 Å². The van der Waals surface area contributed by atoms with Crippen molar-refractivity contribution in [3.05, 3.63) is 35.2 Å². The van der Waals surface area contributed by atoms with Crippen LogP contribution in [0.25, 0.3) is 16.9 Å². The monoisotopic (exact) mass is 490 g/mol. The Morgan fingerprint density at radius 3 is 2.46 bits per heavy atom. The van der Waals surface area contributed by atoms with Crippen LogP contribution in [0.3, 0.4) is 0 Å². The Hall–Kier alpha value is -2.96. The second-order valence-electron chi connectivity index (χ2n) is 9.14. The van der Waals surface area contributed by atoms with Crippen LogP contribution in [0.1, 0.15) is 16.8 Å². The SMILES string of the molecule is Cc1c(CN2CCN(C)CC2)cc2c(N3CCOCC3)nc(-c3cnc(N)cc3C(F)(F)F)nn12. The number of fused-ring (bicyclic) bond motifs is 1. The zero-order chi connectivity index (χ0) is 24.7.